The topological polar surface area (TPSA) is 84.5 Å². The third kappa shape index (κ3) is 4.54. The second-order valence-corrected chi connectivity index (χ2v) is 8.87. The molecule has 0 aromatic heterocycles. The zero-order chi connectivity index (χ0) is 20.3. The summed E-state index contributed by atoms with van der Waals surface area (Å²) >= 11 is 0. The van der Waals surface area contributed by atoms with Gasteiger partial charge in [-0.1, -0.05) is 18.2 Å². The average Bonchev–Trinajstić information content (AvgIpc) is 2.69. The SMILES string of the molecule is Cc1cccc(O[C@@H](C)C(=O)NNS(=O)(=O)c2ccc3c(c2)CCCC3)c1C. The van der Waals surface area contributed by atoms with Crippen LogP contribution < -0.4 is 15.0 Å². The van der Waals surface area contributed by atoms with E-state index >= 15 is 0 Å². The highest BCUT2D eigenvalue weighted by Crippen LogP contribution is 2.24. The monoisotopic (exact) mass is 402 g/mol. The Morgan fingerprint density at radius 1 is 1.07 bits per heavy atom. The van der Waals surface area contributed by atoms with Gasteiger partial charge in [0.2, 0.25) is 0 Å². The number of benzene rings is 2. The highest BCUT2D eigenvalue weighted by Gasteiger charge is 2.21. The highest BCUT2D eigenvalue weighted by atomic mass is 32.2. The predicted octanol–water partition coefficient (Wildman–Crippen LogP) is 2.96. The molecule has 0 saturated heterocycles. The minimum Gasteiger partial charge on any atom is -0.481 e. The number of ether oxygens (including phenoxy) is 1. The maximum absolute atomic E-state index is 12.5. The Morgan fingerprint density at radius 3 is 2.54 bits per heavy atom. The standard InChI is InChI=1S/C21H26N2O4S/c1-14-7-6-10-20(15(14)2)27-16(3)21(24)22-23-28(25,26)19-12-11-17-8-4-5-9-18(17)13-19/h6-7,10-13,16,23H,4-5,8-9H2,1-3H3,(H,22,24)/t16-/m0/s1. The predicted molar refractivity (Wildman–Crippen MR) is 108 cm³/mol. The Hall–Kier alpha value is -2.38. The van der Waals surface area contributed by atoms with Crippen LogP contribution in [0.15, 0.2) is 41.3 Å². The second-order valence-electron chi connectivity index (χ2n) is 7.19. The van der Waals surface area contributed by atoms with Crippen molar-refractivity contribution in [3.63, 3.8) is 0 Å². The molecular weight excluding hydrogens is 376 g/mol. The Morgan fingerprint density at radius 2 is 1.79 bits per heavy atom. The largest absolute Gasteiger partial charge is 0.481 e. The first-order valence-corrected chi connectivity index (χ1v) is 10.9. The lowest BCUT2D eigenvalue weighted by molar-refractivity contribution is -0.127. The Kier molecular flexibility index (Phi) is 6.05. The molecule has 2 N–H and O–H groups in total. The van der Waals surface area contributed by atoms with E-state index < -0.39 is 22.0 Å². The number of sulfonamides is 1. The van der Waals surface area contributed by atoms with Crippen molar-refractivity contribution in [2.24, 2.45) is 0 Å². The fraction of sp³-hybridized carbons (Fsp3) is 0.381. The van der Waals surface area contributed by atoms with Crippen molar-refractivity contribution in [1.82, 2.24) is 10.3 Å². The fourth-order valence-electron chi connectivity index (χ4n) is 3.25. The van der Waals surface area contributed by atoms with Gasteiger partial charge in [-0.05, 0) is 86.9 Å². The number of hydrazine groups is 1. The summed E-state index contributed by atoms with van der Waals surface area (Å²) in [5, 5.41) is 0. The first kappa shape index (κ1) is 20.4. The molecule has 0 aliphatic heterocycles. The van der Waals surface area contributed by atoms with Crippen molar-refractivity contribution >= 4 is 15.9 Å². The maximum Gasteiger partial charge on any atom is 0.275 e. The first-order chi connectivity index (χ1) is 13.3. The van der Waals surface area contributed by atoms with Crippen LogP contribution in [0.4, 0.5) is 0 Å². The average molecular weight is 403 g/mol. The van der Waals surface area contributed by atoms with Gasteiger partial charge in [0.05, 0.1) is 4.90 Å². The molecule has 0 heterocycles. The number of hydrogen-bond donors (Lipinski definition) is 2. The zero-order valence-electron chi connectivity index (χ0n) is 16.4. The molecule has 0 bridgehead atoms. The molecule has 150 valence electrons. The molecule has 1 aliphatic rings. The van der Waals surface area contributed by atoms with Crippen molar-refractivity contribution in [1.29, 1.82) is 0 Å². The van der Waals surface area contributed by atoms with Crippen LogP contribution in [0.25, 0.3) is 0 Å². The number of carbonyl (C=O) groups is 1. The van der Waals surface area contributed by atoms with Crippen LogP contribution in [-0.4, -0.2) is 20.4 Å². The minimum absolute atomic E-state index is 0.150. The van der Waals surface area contributed by atoms with E-state index in [4.69, 9.17) is 4.74 Å². The van der Waals surface area contributed by atoms with Crippen molar-refractivity contribution in [2.75, 3.05) is 0 Å². The van der Waals surface area contributed by atoms with Gasteiger partial charge in [0.25, 0.3) is 15.9 Å². The van der Waals surface area contributed by atoms with Crippen LogP contribution in [0.1, 0.15) is 42.0 Å². The van der Waals surface area contributed by atoms with E-state index in [0.717, 1.165) is 42.4 Å². The minimum atomic E-state index is -3.85. The first-order valence-electron chi connectivity index (χ1n) is 9.44. The molecule has 2 aromatic carbocycles. The van der Waals surface area contributed by atoms with E-state index in [0.29, 0.717) is 5.75 Å². The molecule has 1 amide bonds. The third-order valence-electron chi connectivity index (χ3n) is 5.17. The summed E-state index contributed by atoms with van der Waals surface area (Å²) in [5.41, 5.74) is 6.51. The molecule has 0 saturated carbocycles. The molecule has 1 atom stereocenters. The van der Waals surface area contributed by atoms with E-state index in [1.807, 2.05) is 32.0 Å². The van der Waals surface area contributed by atoms with E-state index in [9.17, 15) is 13.2 Å². The van der Waals surface area contributed by atoms with Gasteiger partial charge in [-0.2, -0.15) is 0 Å². The van der Waals surface area contributed by atoms with Gasteiger partial charge >= 0.3 is 0 Å². The van der Waals surface area contributed by atoms with Crippen LogP contribution in [0.2, 0.25) is 0 Å². The summed E-state index contributed by atoms with van der Waals surface area (Å²) in [6, 6.07) is 10.7. The van der Waals surface area contributed by atoms with Gasteiger partial charge in [-0.3, -0.25) is 10.2 Å². The summed E-state index contributed by atoms with van der Waals surface area (Å²) in [6.07, 6.45) is 3.20. The molecule has 2 aromatic rings. The van der Waals surface area contributed by atoms with E-state index in [1.54, 1.807) is 25.1 Å². The third-order valence-corrected chi connectivity index (χ3v) is 6.41. The van der Waals surface area contributed by atoms with Gasteiger partial charge in [0.1, 0.15) is 5.75 Å². The molecule has 1 aliphatic carbocycles. The Bertz CT molecular complexity index is 986. The smallest absolute Gasteiger partial charge is 0.275 e. The fourth-order valence-corrected chi connectivity index (χ4v) is 4.15. The van der Waals surface area contributed by atoms with Crippen LogP contribution >= 0.6 is 0 Å². The second kappa shape index (κ2) is 8.32. The van der Waals surface area contributed by atoms with Crippen molar-refractivity contribution < 1.29 is 17.9 Å². The van der Waals surface area contributed by atoms with Gasteiger partial charge in [0, 0.05) is 0 Å². The number of carbonyl (C=O) groups excluding carboxylic acids is 1. The number of rotatable bonds is 6. The van der Waals surface area contributed by atoms with E-state index in [1.165, 1.54) is 5.56 Å². The summed E-state index contributed by atoms with van der Waals surface area (Å²) in [4.78, 5) is 14.6. The van der Waals surface area contributed by atoms with Gasteiger partial charge < -0.3 is 4.74 Å². The number of aryl methyl sites for hydroxylation is 3. The highest BCUT2D eigenvalue weighted by molar-refractivity contribution is 7.89. The quantitative estimate of drug-likeness (QED) is 0.728. The molecule has 3 rings (SSSR count). The van der Waals surface area contributed by atoms with Crippen molar-refractivity contribution in [3.8, 4) is 5.75 Å². The molecule has 6 nitrogen and oxygen atoms in total. The Labute approximate surface area is 166 Å². The van der Waals surface area contributed by atoms with E-state index in [-0.39, 0.29) is 4.90 Å². The number of nitrogens with one attached hydrogen (secondary N) is 2. The summed E-state index contributed by atoms with van der Waals surface area (Å²) in [5.74, 6) is 0.0302. The lowest BCUT2D eigenvalue weighted by Gasteiger charge is -2.18. The Balaban J connectivity index is 1.63. The maximum atomic E-state index is 12.5. The summed E-state index contributed by atoms with van der Waals surface area (Å²) < 4.78 is 30.8. The molecule has 0 unspecified atom stereocenters. The number of fused-ring (bicyclic) bond motifs is 1. The lowest BCUT2D eigenvalue weighted by atomic mass is 9.92. The van der Waals surface area contributed by atoms with Crippen LogP contribution in [0, 0.1) is 13.8 Å². The van der Waals surface area contributed by atoms with Crippen LogP contribution in [0.3, 0.4) is 0 Å². The summed E-state index contributed by atoms with van der Waals surface area (Å²) in [7, 11) is -3.85. The lowest BCUT2D eigenvalue weighted by Crippen LogP contribution is -2.47. The van der Waals surface area contributed by atoms with Gasteiger partial charge in [-0.25, -0.2) is 8.42 Å². The van der Waals surface area contributed by atoms with Gasteiger partial charge in [-0.15, -0.1) is 4.83 Å². The summed E-state index contributed by atoms with van der Waals surface area (Å²) in [6.45, 7) is 5.44. The van der Waals surface area contributed by atoms with Gasteiger partial charge in [0.15, 0.2) is 6.10 Å². The molecule has 0 spiro atoms. The number of hydrogen-bond acceptors (Lipinski definition) is 4. The zero-order valence-corrected chi connectivity index (χ0v) is 17.2. The van der Waals surface area contributed by atoms with Crippen molar-refractivity contribution in [3.05, 3.63) is 58.7 Å². The molecule has 7 heteroatoms. The molecule has 28 heavy (non-hydrogen) atoms. The van der Waals surface area contributed by atoms with Crippen LogP contribution in [0.5, 0.6) is 5.75 Å². The molecule has 0 radical (unpaired) electrons. The molecular formula is C21H26N2O4S. The number of amides is 1. The van der Waals surface area contributed by atoms with Crippen molar-refractivity contribution in [2.45, 2.75) is 57.5 Å². The normalized spacial score (nSPS) is 14.8. The molecule has 0 fully saturated rings. The van der Waals surface area contributed by atoms with Crippen LogP contribution in [-0.2, 0) is 27.7 Å². The van der Waals surface area contributed by atoms with E-state index in [2.05, 4.69) is 10.3 Å².